The topological polar surface area (TPSA) is 69.2 Å². The van der Waals surface area contributed by atoms with Gasteiger partial charge in [-0.25, -0.2) is 4.99 Å². The van der Waals surface area contributed by atoms with Crippen LogP contribution in [0, 0.1) is 0 Å². The molecule has 0 bridgehead atoms. The quantitative estimate of drug-likeness (QED) is 0.206. The Morgan fingerprint density at radius 2 is 1.64 bits per heavy atom. The smallest absolute Gasteiger partial charge is 0.243 e. The Bertz CT molecular complexity index is 368. The number of nitrogens with one attached hydrogen (secondary N) is 2. The number of halogens is 1. The van der Waals surface area contributed by atoms with Crippen LogP contribution in [0.1, 0.15) is 34.1 Å². The summed E-state index contributed by atoms with van der Waals surface area (Å²) < 4.78 is 5.04. The second kappa shape index (κ2) is 15.6. The minimum atomic E-state index is -0.0198. The first-order valence-corrected chi connectivity index (χ1v) is 8.76. The van der Waals surface area contributed by atoms with Gasteiger partial charge in [0.2, 0.25) is 5.91 Å². The average Bonchev–Trinajstić information content (AvgIpc) is 2.50. The van der Waals surface area contributed by atoms with Crippen LogP contribution >= 0.6 is 24.0 Å². The Kier molecular flexibility index (Phi) is 16.6. The molecule has 0 aromatic carbocycles. The molecule has 0 radical (unpaired) electrons. The third-order valence-electron chi connectivity index (χ3n) is 3.68. The zero-order valence-corrected chi connectivity index (χ0v) is 19.3. The zero-order valence-electron chi connectivity index (χ0n) is 17.0. The summed E-state index contributed by atoms with van der Waals surface area (Å²) in [6.45, 7) is 12.1. The van der Waals surface area contributed by atoms with E-state index in [1.165, 1.54) is 0 Å². The van der Waals surface area contributed by atoms with Gasteiger partial charge in [-0.05, 0) is 34.1 Å². The van der Waals surface area contributed by atoms with Crippen molar-refractivity contribution in [2.45, 2.75) is 46.2 Å². The summed E-state index contributed by atoms with van der Waals surface area (Å²) in [4.78, 5) is 20.0. The monoisotopic (exact) mass is 471 g/mol. The van der Waals surface area contributed by atoms with Gasteiger partial charge in [0.05, 0.1) is 6.61 Å². The molecule has 150 valence electrons. The number of amides is 1. The van der Waals surface area contributed by atoms with Crippen LogP contribution in [0.5, 0.6) is 0 Å². The van der Waals surface area contributed by atoms with E-state index in [9.17, 15) is 4.79 Å². The minimum absolute atomic E-state index is 0. The molecule has 25 heavy (non-hydrogen) atoms. The van der Waals surface area contributed by atoms with E-state index in [1.807, 2.05) is 0 Å². The second-order valence-electron chi connectivity index (χ2n) is 6.58. The predicted octanol–water partition coefficient (Wildman–Crippen LogP) is 1.38. The third kappa shape index (κ3) is 13.3. The molecule has 0 atom stereocenters. The van der Waals surface area contributed by atoms with Gasteiger partial charge in [-0.1, -0.05) is 0 Å². The van der Waals surface area contributed by atoms with Crippen LogP contribution in [-0.4, -0.2) is 87.7 Å². The van der Waals surface area contributed by atoms with Crippen molar-refractivity contribution < 1.29 is 9.53 Å². The van der Waals surface area contributed by atoms with Crippen LogP contribution in [0.4, 0.5) is 0 Å². The molecule has 0 rings (SSSR count). The Labute approximate surface area is 171 Å². The van der Waals surface area contributed by atoms with Crippen molar-refractivity contribution in [3.63, 3.8) is 0 Å². The maximum atomic E-state index is 11.7. The molecule has 1 amide bonds. The maximum absolute atomic E-state index is 11.7. The summed E-state index contributed by atoms with van der Waals surface area (Å²) in [5.74, 6) is 0.636. The lowest BCUT2D eigenvalue weighted by Gasteiger charge is -2.30. The Balaban J connectivity index is 0. The molecule has 0 fully saturated rings. The lowest BCUT2D eigenvalue weighted by atomic mass is 10.2. The van der Waals surface area contributed by atoms with Crippen LogP contribution in [-0.2, 0) is 9.53 Å². The molecule has 0 saturated heterocycles. The minimum Gasteiger partial charge on any atom is -0.383 e. The molecule has 0 aromatic heterocycles. The fourth-order valence-corrected chi connectivity index (χ4v) is 2.32. The van der Waals surface area contributed by atoms with Crippen LogP contribution in [0.2, 0.25) is 0 Å². The average molecular weight is 471 g/mol. The number of nitrogens with zero attached hydrogens (tertiary/aromatic N) is 3. The van der Waals surface area contributed by atoms with Crippen molar-refractivity contribution in [2.24, 2.45) is 4.99 Å². The first kappa shape index (κ1) is 26.6. The Morgan fingerprint density at radius 1 is 1.08 bits per heavy atom. The number of likely N-dealkylation sites (N-methyl/N-ethyl adjacent to an activating group) is 1. The standard InChI is InChI=1S/C17H37N5O2.HI/c1-14(2)22(15(3)4)11-8-9-18-17(19-10-12-24-7)20-13-16(23)21(5)6;/h14-15H,8-13H2,1-7H3,(H2,18,19,20);1H. The molecule has 7 nitrogen and oxygen atoms in total. The van der Waals surface area contributed by atoms with E-state index < -0.39 is 0 Å². The van der Waals surface area contributed by atoms with Crippen LogP contribution < -0.4 is 10.6 Å². The van der Waals surface area contributed by atoms with Gasteiger partial charge in [0.15, 0.2) is 5.96 Å². The fourth-order valence-electron chi connectivity index (χ4n) is 2.32. The maximum Gasteiger partial charge on any atom is 0.243 e. The number of hydrogen-bond acceptors (Lipinski definition) is 4. The lowest BCUT2D eigenvalue weighted by Crippen LogP contribution is -2.42. The number of carbonyl (C=O) groups excluding carboxylic acids is 1. The normalized spacial score (nSPS) is 11.7. The largest absolute Gasteiger partial charge is 0.383 e. The van der Waals surface area contributed by atoms with Gasteiger partial charge >= 0.3 is 0 Å². The van der Waals surface area contributed by atoms with Crippen molar-refractivity contribution >= 4 is 35.8 Å². The first-order chi connectivity index (χ1) is 11.3. The second-order valence-corrected chi connectivity index (χ2v) is 6.58. The first-order valence-electron chi connectivity index (χ1n) is 8.76. The van der Waals surface area contributed by atoms with Gasteiger partial charge in [0.25, 0.3) is 0 Å². The molecule has 2 N–H and O–H groups in total. The fraction of sp³-hybridized carbons (Fsp3) is 0.882. The zero-order chi connectivity index (χ0) is 18.5. The van der Waals surface area contributed by atoms with Crippen molar-refractivity contribution in [3.8, 4) is 0 Å². The summed E-state index contributed by atoms with van der Waals surface area (Å²) in [5.41, 5.74) is 0. The SMILES string of the molecule is COCCNC(=NCC(=O)N(C)C)NCCCN(C(C)C)C(C)C.I. The molecular weight excluding hydrogens is 433 g/mol. The van der Waals surface area contributed by atoms with E-state index in [-0.39, 0.29) is 36.4 Å². The molecule has 0 aliphatic heterocycles. The van der Waals surface area contributed by atoms with Gasteiger partial charge in [0.1, 0.15) is 6.54 Å². The third-order valence-corrected chi connectivity index (χ3v) is 3.68. The highest BCUT2D eigenvalue weighted by Crippen LogP contribution is 2.05. The van der Waals surface area contributed by atoms with E-state index in [2.05, 4.69) is 48.2 Å². The summed E-state index contributed by atoms with van der Waals surface area (Å²) in [6, 6.07) is 1.08. The lowest BCUT2D eigenvalue weighted by molar-refractivity contribution is -0.127. The number of guanidine groups is 1. The van der Waals surface area contributed by atoms with Crippen LogP contribution in [0.15, 0.2) is 4.99 Å². The predicted molar refractivity (Wildman–Crippen MR) is 116 cm³/mol. The van der Waals surface area contributed by atoms with Crippen molar-refractivity contribution in [2.75, 3.05) is 54.0 Å². The molecule has 0 aliphatic carbocycles. The highest BCUT2D eigenvalue weighted by Gasteiger charge is 2.12. The summed E-state index contributed by atoms with van der Waals surface area (Å²) in [7, 11) is 5.12. The molecule has 0 aromatic rings. The van der Waals surface area contributed by atoms with E-state index >= 15 is 0 Å². The van der Waals surface area contributed by atoms with Crippen molar-refractivity contribution in [3.05, 3.63) is 0 Å². The molecule has 0 heterocycles. The summed E-state index contributed by atoms with van der Waals surface area (Å²) >= 11 is 0. The highest BCUT2D eigenvalue weighted by molar-refractivity contribution is 14.0. The van der Waals surface area contributed by atoms with E-state index in [1.54, 1.807) is 26.1 Å². The highest BCUT2D eigenvalue weighted by atomic mass is 127. The molecule has 0 unspecified atom stereocenters. The van der Waals surface area contributed by atoms with Gasteiger partial charge in [-0.15, -0.1) is 24.0 Å². The molecule has 8 heteroatoms. The van der Waals surface area contributed by atoms with E-state index in [4.69, 9.17) is 4.74 Å². The van der Waals surface area contributed by atoms with Gasteiger partial charge in [-0.2, -0.15) is 0 Å². The molecule has 0 saturated carbocycles. The number of methoxy groups -OCH3 is 1. The van der Waals surface area contributed by atoms with Gasteiger partial charge < -0.3 is 20.3 Å². The molecular formula is C17H38IN5O2. The van der Waals surface area contributed by atoms with Crippen molar-refractivity contribution in [1.82, 2.24) is 20.4 Å². The summed E-state index contributed by atoms with van der Waals surface area (Å²) in [5, 5.41) is 6.47. The summed E-state index contributed by atoms with van der Waals surface area (Å²) in [6.07, 6.45) is 1.02. The van der Waals surface area contributed by atoms with Crippen LogP contribution in [0.3, 0.4) is 0 Å². The molecule has 0 aliphatic rings. The van der Waals surface area contributed by atoms with Crippen LogP contribution in [0.25, 0.3) is 0 Å². The van der Waals surface area contributed by atoms with E-state index in [0.29, 0.717) is 31.2 Å². The van der Waals surface area contributed by atoms with E-state index in [0.717, 1.165) is 19.5 Å². The number of rotatable bonds is 11. The number of hydrogen-bond donors (Lipinski definition) is 2. The Morgan fingerprint density at radius 3 is 2.12 bits per heavy atom. The van der Waals surface area contributed by atoms with Gasteiger partial charge in [-0.3, -0.25) is 9.69 Å². The number of carbonyl (C=O) groups is 1. The number of aliphatic imine (C=N–C) groups is 1. The van der Waals surface area contributed by atoms with Gasteiger partial charge in [0, 0.05) is 52.9 Å². The molecule has 0 spiro atoms. The number of ether oxygens (including phenoxy) is 1. The van der Waals surface area contributed by atoms with Crippen molar-refractivity contribution in [1.29, 1.82) is 0 Å². The Hall–Kier alpha value is -0.610.